The van der Waals surface area contributed by atoms with E-state index < -0.39 is 23.6 Å². The van der Waals surface area contributed by atoms with E-state index in [1.165, 1.54) is 7.05 Å². The summed E-state index contributed by atoms with van der Waals surface area (Å²) >= 11 is 0. The van der Waals surface area contributed by atoms with Crippen LogP contribution >= 0.6 is 0 Å². The first-order valence-corrected chi connectivity index (χ1v) is 5.00. The van der Waals surface area contributed by atoms with E-state index in [2.05, 4.69) is 11.2 Å². The summed E-state index contributed by atoms with van der Waals surface area (Å²) < 4.78 is 0. The second-order valence-corrected chi connectivity index (χ2v) is 4.07. The third kappa shape index (κ3) is 3.81. The van der Waals surface area contributed by atoms with Crippen LogP contribution in [-0.2, 0) is 4.79 Å². The summed E-state index contributed by atoms with van der Waals surface area (Å²) in [6.45, 7) is 5.04. The monoisotopic (exact) mass is 226 g/mol. The van der Waals surface area contributed by atoms with Crippen LogP contribution in [0.4, 0.5) is 4.79 Å². The SMILES string of the molecule is C#CC(C)(C)NC(=O)N(C)C(CC)C(=O)O. The molecular weight excluding hydrogens is 208 g/mol. The number of carbonyl (C=O) groups excluding carboxylic acids is 1. The van der Waals surface area contributed by atoms with E-state index in [-0.39, 0.29) is 0 Å². The summed E-state index contributed by atoms with van der Waals surface area (Å²) in [4.78, 5) is 23.7. The van der Waals surface area contributed by atoms with E-state index in [4.69, 9.17) is 11.5 Å². The van der Waals surface area contributed by atoms with Gasteiger partial charge in [0, 0.05) is 7.05 Å². The quantitative estimate of drug-likeness (QED) is 0.700. The molecule has 5 nitrogen and oxygen atoms in total. The van der Waals surface area contributed by atoms with Gasteiger partial charge in [-0.3, -0.25) is 0 Å². The number of hydrogen-bond acceptors (Lipinski definition) is 2. The third-order valence-corrected chi connectivity index (χ3v) is 2.24. The lowest BCUT2D eigenvalue weighted by Gasteiger charge is -2.28. The van der Waals surface area contributed by atoms with Crippen molar-refractivity contribution in [3.63, 3.8) is 0 Å². The van der Waals surface area contributed by atoms with Crippen LogP contribution in [0.1, 0.15) is 27.2 Å². The van der Waals surface area contributed by atoms with E-state index in [0.717, 1.165) is 4.90 Å². The fourth-order valence-corrected chi connectivity index (χ4v) is 1.15. The molecule has 0 bridgehead atoms. The van der Waals surface area contributed by atoms with Gasteiger partial charge in [-0.25, -0.2) is 9.59 Å². The summed E-state index contributed by atoms with van der Waals surface area (Å²) in [5.41, 5.74) is -0.790. The molecule has 0 aromatic heterocycles. The van der Waals surface area contributed by atoms with Crippen LogP contribution in [0, 0.1) is 12.3 Å². The van der Waals surface area contributed by atoms with E-state index in [1.807, 2.05) is 0 Å². The number of rotatable bonds is 4. The van der Waals surface area contributed by atoms with Gasteiger partial charge in [0.2, 0.25) is 0 Å². The lowest BCUT2D eigenvalue weighted by Crippen LogP contribution is -2.52. The van der Waals surface area contributed by atoms with E-state index in [1.54, 1.807) is 20.8 Å². The van der Waals surface area contributed by atoms with Gasteiger partial charge in [-0.15, -0.1) is 6.42 Å². The van der Waals surface area contributed by atoms with Crippen LogP contribution in [0.5, 0.6) is 0 Å². The van der Waals surface area contributed by atoms with Crippen molar-refractivity contribution in [3.05, 3.63) is 0 Å². The Morgan fingerprint density at radius 1 is 1.56 bits per heavy atom. The molecule has 0 heterocycles. The predicted octanol–water partition coefficient (Wildman–Crippen LogP) is 0.903. The first-order valence-electron chi connectivity index (χ1n) is 5.00. The van der Waals surface area contributed by atoms with Crippen LogP contribution < -0.4 is 5.32 Å². The number of nitrogens with zero attached hydrogens (tertiary/aromatic N) is 1. The lowest BCUT2D eigenvalue weighted by molar-refractivity contribution is -0.141. The molecule has 0 aliphatic carbocycles. The summed E-state index contributed by atoms with van der Waals surface area (Å²) in [7, 11) is 1.43. The van der Waals surface area contributed by atoms with Gasteiger partial charge in [0.25, 0.3) is 0 Å². The molecule has 2 N–H and O–H groups in total. The molecular formula is C11H18N2O3. The Bertz CT molecular complexity index is 318. The average Bonchev–Trinajstić information content (AvgIpc) is 2.17. The molecule has 0 aliphatic rings. The first-order chi connectivity index (χ1) is 7.25. The average molecular weight is 226 g/mol. The highest BCUT2D eigenvalue weighted by atomic mass is 16.4. The van der Waals surface area contributed by atoms with Crippen molar-refractivity contribution in [2.75, 3.05) is 7.05 Å². The minimum Gasteiger partial charge on any atom is -0.480 e. The highest BCUT2D eigenvalue weighted by Crippen LogP contribution is 2.05. The van der Waals surface area contributed by atoms with Crippen LogP contribution in [-0.4, -0.2) is 40.6 Å². The van der Waals surface area contributed by atoms with Gasteiger partial charge in [0.1, 0.15) is 6.04 Å². The normalized spacial score (nSPS) is 12.4. The zero-order valence-electron chi connectivity index (χ0n) is 10.1. The Hall–Kier alpha value is -1.70. The van der Waals surface area contributed by atoms with Gasteiger partial charge >= 0.3 is 12.0 Å². The number of carboxylic acids is 1. The predicted molar refractivity (Wildman–Crippen MR) is 60.9 cm³/mol. The Morgan fingerprint density at radius 3 is 2.38 bits per heavy atom. The number of urea groups is 1. The fraction of sp³-hybridized carbons (Fsp3) is 0.636. The highest BCUT2D eigenvalue weighted by Gasteiger charge is 2.27. The molecule has 2 amide bonds. The fourth-order valence-electron chi connectivity index (χ4n) is 1.15. The Morgan fingerprint density at radius 2 is 2.06 bits per heavy atom. The standard InChI is InChI=1S/C11H18N2O3/c1-6-8(9(14)15)13(5)10(16)12-11(3,4)7-2/h2,8H,6H2,1,3-5H3,(H,12,16)(H,14,15). The molecule has 1 atom stereocenters. The molecule has 5 heteroatoms. The summed E-state index contributed by atoms with van der Waals surface area (Å²) in [6.07, 6.45) is 5.57. The highest BCUT2D eigenvalue weighted by molar-refractivity contribution is 5.82. The van der Waals surface area contributed by atoms with Crippen molar-refractivity contribution < 1.29 is 14.7 Å². The smallest absolute Gasteiger partial charge is 0.326 e. The zero-order valence-corrected chi connectivity index (χ0v) is 10.1. The Kier molecular flexibility index (Phi) is 4.83. The Labute approximate surface area is 95.8 Å². The number of carboxylic acid groups (broad SMARTS) is 1. The maximum atomic E-state index is 11.7. The van der Waals surface area contributed by atoms with Crippen LogP contribution in [0.25, 0.3) is 0 Å². The molecule has 0 saturated heterocycles. The molecule has 16 heavy (non-hydrogen) atoms. The number of terminal acetylenes is 1. The molecule has 90 valence electrons. The Balaban J connectivity index is 4.63. The number of hydrogen-bond donors (Lipinski definition) is 2. The molecule has 1 unspecified atom stereocenters. The number of nitrogens with one attached hydrogen (secondary N) is 1. The van der Waals surface area contributed by atoms with Crippen molar-refractivity contribution >= 4 is 12.0 Å². The van der Waals surface area contributed by atoms with Gasteiger partial charge in [-0.2, -0.15) is 0 Å². The minimum absolute atomic E-state index is 0.343. The summed E-state index contributed by atoms with van der Waals surface area (Å²) in [5.74, 6) is 1.38. The first kappa shape index (κ1) is 14.3. The van der Waals surface area contributed by atoms with E-state index in [9.17, 15) is 9.59 Å². The van der Waals surface area contributed by atoms with Crippen molar-refractivity contribution in [2.45, 2.75) is 38.8 Å². The number of carbonyl (C=O) groups is 2. The van der Waals surface area contributed by atoms with E-state index in [0.29, 0.717) is 6.42 Å². The molecule has 0 rings (SSSR count). The van der Waals surface area contributed by atoms with Crippen LogP contribution in [0.15, 0.2) is 0 Å². The molecule has 0 spiro atoms. The van der Waals surface area contributed by atoms with Crippen LogP contribution in [0.3, 0.4) is 0 Å². The molecule has 0 aliphatic heterocycles. The maximum Gasteiger partial charge on any atom is 0.326 e. The molecule has 0 aromatic rings. The largest absolute Gasteiger partial charge is 0.480 e. The van der Waals surface area contributed by atoms with Crippen molar-refractivity contribution in [1.29, 1.82) is 0 Å². The number of likely N-dealkylation sites (N-methyl/N-ethyl adjacent to an activating group) is 1. The summed E-state index contributed by atoms with van der Waals surface area (Å²) in [6, 6.07) is -1.33. The van der Waals surface area contributed by atoms with Crippen molar-refractivity contribution in [3.8, 4) is 12.3 Å². The van der Waals surface area contributed by atoms with Gasteiger partial charge < -0.3 is 15.3 Å². The molecule has 0 aromatic carbocycles. The minimum atomic E-state index is -1.03. The van der Waals surface area contributed by atoms with Gasteiger partial charge in [-0.1, -0.05) is 12.8 Å². The second kappa shape index (κ2) is 5.40. The molecule has 0 fully saturated rings. The second-order valence-electron chi connectivity index (χ2n) is 4.07. The lowest BCUT2D eigenvalue weighted by atomic mass is 10.1. The van der Waals surface area contributed by atoms with Crippen molar-refractivity contribution in [2.24, 2.45) is 0 Å². The topological polar surface area (TPSA) is 69.6 Å². The van der Waals surface area contributed by atoms with Gasteiger partial charge in [0.05, 0.1) is 5.54 Å². The summed E-state index contributed by atoms with van der Waals surface area (Å²) in [5, 5.41) is 11.4. The zero-order chi connectivity index (χ0) is 12.9. The van der Waals surface area contributed by atoms with Gasteiger partial charge in [0.15, 0.2) is 0 Å². The van der Waals surface area contributed by atoms with E-state index >= 15 is 0 Å². The number of aliphatic carboxylic acids is 1. The maximum absolute atomic E-state index is 11.7. The third-order valence-electron chi connectivity index (χ3n) is 2.24. The molecule has 0 saturated carbocycles. The number of amides is 2. The van der Waals surface area contributed by atoms with Gasteiger partial charge in [-0.05, 0) is 20.3 Å². The van der Waals surface area contributed by atoms with Crippen LogP contribution in [0.2, 0.25) is 0 Å². The van der Waals surface area contributed by atoms with Crippen molar-refractivity contribution in [1.82, 2.24) is 10.2 Å². The molecule has 0 radical (unpaired) electrons.